The molecule has 4 aromatic rings. The first-order valence-electron chi connectivity index (χ1n) is 10.5. The molecule has 0 saturated carbocycles. The maximum atomic E-state index is 2.30. The Kier molecular flexibility index (Phi) is 6.87. The molecule has 0 N–H and O–H groups in total. The summed E-state index contributed by atoms with van der Waals surface area (Å²) in [6, 6.07) is 30.5. The number of fused-ring (bicyclic) bond motifs is 2. The van der Waals surface area contributed by atoms with Gasteiger partial charge in [0.05, 0.1) is 0 Å². The molecule has 0 heterocycles. The zero-order valence-corrected chi connectivity index (χ0v) is 17.7. The predicted octanol–water partition coefficient (Wildman–Crippen LogP) is 8.08. The van der Waals surface area contributed by atoms with Gasteiger partial charge in [0.2, 0.25) is 0 Å². The van der Waals surface area contributed by atoms with E-state index in [-0.39, 0.29) is 0 Å². The number of benzene rings is 4. The summed E-state index contributed by atoms with van der Waals surface area (Å²) in [5.41, 5.74) is 2.91. The van der Waals surface area contributed by atoms with Gasteiger partial charge in [-0.1, -0.05) is 113 Å². The highest BCUT2D eigenvalue weighted by Crippen LogP contribution is 2.21. The standard InChI is InChI=1S/2C14H16/c1-11(2)10-13-8-5-7-12-6-3-4-9-14(12)13;1-11(2)9-12-7-8-13-5-3-4-6-14(13)10-12/h3-9,11H,10H2,1-2H3;3-8,10-11H,9H2,1-2H3. The van der Waals surface area contributed by atoms with Gasteiger partial charge < -0.3 is 0 Å². The molecule has 0 aliphatic rings. The van der Waals surface area contributed by atoms with Gasteiger partial charge in [0, 0.05) is 0 Å². The van der Waals surface area contributed by atoms with Crippen LogP contribution < -0.4 is 0 Å². The molecule has 144 valence electrons. The summed E-state index contributed by atoms with van der Waals surface area (Å²) in [4.78, 5) is 0. The van der Waals surface area contributed by atoms with Crippen LogP contribution in [0.2, 0.25) is 0 Å². The van der Waals surface area contributed by atoms with E-state index in [4.69, 9.17) is 0 Å². The molecule has 0 aliphatic carbocycles. The summed E-state index contributed by atoms with van der Waals surface area (Å²) < 4.78 is 0. The van der Waals surface area contributed by atoms with Crippen molar-refractivity contribution in [2.45, 2.75) is 40.5 Å². The zero-order chi connectivity index (χ0) is 19.9. The van der Waals surface area contributed by atoms with E-state index >= 15 is 0 Å². The fraction of sp³-hybridized carbons (Fsp3) is 0.286. The zero-order valence-electron chi connectivity index (χ0n) is 17.7. The van der Waals surface area contributed by atoms with Crippen LogP contribution in [0.25, 0.3) is 21.5 Å². The maximum absolute atomic E-state index is 2.30. The van der Waals surface area contributed by atoms with Crippen molar-refractivity contribution >= 4 is 21.5 Å². The Hall–Kier alpha value is -2.60. The van der Waals surface area contributed by atoms with Crippen molar-refractivity contribution in [3.63, 3.8) is 0 Å². The Morgan fingerprint density at radius 1 is 0.536 bits per heavy atom. The highest BCUT2D eigenvalue weighted by Gasteiger charge is 2.02. The van der Waals surface area contributed by atoms with Crippen LogP contribution in [0.1, 0.15) is 38.8 Å². The molecule has 4 aromatic carbocycles. The van der Waals surface area contributed by atoms with Crippen molar-refractivity contribution in [2.75, 3.05) is 0 Å². The van der Waals surface area contributed by atoms with Gasteiger partial charge in [0.25, 0.3) is 0 Å². The summed E-state index contributed by atoms with van der Waals surface area (Å²) in [6.07, 6.45) is 2.34. The van der Waals surface area contributed by atoms with Crippen molar-refractivity contribution in [1.82, 2.24) is 0 Å². The molecule has 0 bridgehead atoms. The third kappa shape index (κ3) is 5.45. The first kappa shape index (κ1) is 20.1. The molecule has 0 unspecified atom stereocenters. The monoisotopic (exact) mass is 368 g/mol. The summed E-state index contributed by atoms with van der Waals surface area (Å²) in [6.45, 7) is 9.05. The predicted molar refractivity (Wildman–Crippen MR) is 125 cm³/mol. The van der Waals surface area contributed by atoms with Gasteiger partial charge in [0.1, 0.15) is 0 Å². The van der Waals surface area contributed by atoms with Crippen LogP contribution in [0.4, 0.5) is 0 Å². The van der Waals surface area contributed by atoms with E-state index in [1.165, 1.54) is 45.5 Å². The molecule has 0 radical (unpaired) electrons. The van der Waals surface area contributed by atoms with Crippen molar-refractivity contribution in [3.05, 3.63) is 96.1 Å². The molecular formula is C28H32. The number of rotatable bonds is 4. The minimum Gasteiger partial charge on any atom is -0.0625 e. The first-order valence-corrected chi connectivity index (χ1v) is 10.5. The van der Waals surface area contributed by atoms with Gasteiger partial charge in [-0.2, -0.15) is 0 Å². The first-order chi connectivity index (χ1) is 13.5. The summed E-state index contributed by atoms with van der Waals surface area (Å²) in [5, 5.41) is 5.44. The molecule has 0 aliphatic heterocycles. The maximum Gasteiger partial charge on any atom is -0.0152 e. The van der Waals surface area contributed by atoms with Gasteiger partial charge in [-0.25, -0.2) is 0 Å². The third-order valence-electron chi connectivity index (χ3n) is 4.97. The fourth-order valence-electron chi connectivity index (χ4n) is 3.75. The lowest BCUT2D eigenvalue weighted by atomic mass is 9.97. The second-order valence-corrected chi connectivity index (χ2v) is 8.52. The van der Waals surface area contributed by atoms with Gasteiger partial charge in [-0.15, -0.1) is 0 Å². The molecule has 0 nitrogen and oxygen atoms in total. The van der Waals surface area contributed by atoms with E-state index in [9.17, 15) is 0 Å². The van der Waals surface area contributed by atoms with E-state index in [0.717, 1.165) is 11.8 Å². The van der Waals surface area contributed by atoms with Crippen molar-refractivity contribution in [3.8, 4) is 0 Å². The molecule has 28 heavy (non-hydrogen) atoms. The van der Waals surface area contributed by atoms with E-state index in [2.05, 4.69) is 113 Å². The van der Waals surface area contributed by atoms with Gasteiger partial charge in [-0.3, -0.25) is 0 Å². The number of hydrogen-bond acceptors (Lipinski definition) is 0. The van der Waals surface area contributed by atoms with E-state index in [1.807, 2.05) is 0 Å². The summed E-state index contributed by atoms with van der Waals surface area (Å²) in [5.74, 6) is 1.46. The average Bonchev–Trinajstić information content (AvgIpc) is 2.68. The van der Waals surface area contributed by atoms with E-state index < -0.39 is 0 Å². The molecule has 0 aromatic heterocycles. The fourth-order valence-corrected chi connectivity index (χ4v) is 3.75. The topological polar surface area (TPSA) is 0 Å². The van der Waals surface area contributed by atoms with Gasteiger partial charge in [0.15, 0.2) is 0 Å². The second kappa shape index (κ2) is 9.55. The lowest BCUT2D eigenvalue weighted by Crippen LogP contribution is -1.94. The molecule has 0 fully saturated rings. The summed E-state index contributed by atoms with van der Waals surface area (Å²) >= 11 is 0. The van der Waals surface area contributed by atoms with Crippen LogP contribution >= 0.6 is 0 Å². The summed E-state index contributed by atoms with van der Waals surface area (Å²) in [7, 11) is 0. The van der Waals surface area contributed by atoms with Crippen molar-refractivity contribution < 1.29 is 0 Å². The van der Waals surface area contributed by atoms with E-state index in [0.29, 0.717) is 0 Å². The lowest BCUT2D eigenvalue weighted by Gasteiger charge is -2.08. The Morgan fingerprint density at radius 3 is 1.86 bits per heavy atom. The van der Waals surface area contributed by atoms with Crippen LogP contribution in [0, 0.1) is 11.8 Å². The quantitative estimate of drug-likeness (QED) is 0.341. The molecule has 0 atom stereocenters. The average molecular weight is 369 g/mol. The van der Waals surface area contributed by atoms with Gasteiger partial charge >= 0.3 is 0 Å². The highest BCUT2D eigenvalue weighted by molar-refractivity contribution is 5.85. The van der Waals surface area contributed by atoms with Crippen LogP contribution in [-0.2, 0) is 12.8 Å². The minimum absolute atomic E-state index is 0.723. The minimum atomic E-state index is 0.723. The molecule has 0 saturated heterocycles. The number of hydrogen-bond donors (Lipinski definition) is 0. The van der Waals surface area contributed by atoms with Gasteiger partial charge in [-0.05, 0) is 57.3 Å². The Morgan fingerprint density at radius 2 is 1.14 bits per heavy atom. The van der Waals surface area contributed by atoms with Crippen molar-refractivity contribution in [1.29, 1.82) is 0 Å². The van der Waals surface area contributed by atoms with Crippen LogP contribution in [0.15, 0.2) is 84.9 Å². The van der Waals surface area contributed by atoms with Crippen LogP contribution in [0.5, 0.6) is 0 Å². The highest BCUT2D eigenvalue weighted by atomic mass is 14.1. The molecule has 0 amide bonds. The molecule has 4 rings (SSSR count). The van der Waals surface area contributed by atoms with Crippen LogP contribution in [-0.4, -0.2) is 0 Å². The van der Waals surface area contributed by atoms with Crippen molar-refractivity contribution in [2.24, 2.45) is 11.8 Å². The second-order valence-electron chi connectivity index (χ2n) is 8.52. The van der Waals surface area contributed by atoms with Crippen LogP contribution in [0.3, 0.4) is 0 Å². The van der Waals surface area contributed by atoms with E-state index in [1.54, 1.807) is 0 Å². The Balaban J connectivity index is 0.000000161. The smallest absolute Gasteiger partial charge is 0.0152 e. The Labute approximate surface area is 170 Å². The lowest BCUT2D eigenvalue weighted by molar-refractivity contribution is 0.648. The SMILES string of the molecule is CC(C)Cc1ccc2ccccc2c1.CC(C)Cc1cccc2ccccc12. The Bertz CT molecular complexity index is 1010. The molecule has 0 spiro atoms. The largest absolute Gasteiger partial charge is 0.0625 e. The molecule has 0 heteroatoms. The third-order valence-corrected chi connectivity index (χ3v) is 4.97. The molecular weight excluding hydrogens is 336 g/mol. The normalized spacial score (nSPS) is 11.1.